The van der Waals surface area contributed by atoms with E-state index in [1.165, 1.54) is 36.9 Å². The summed E-state index contributed by atoms with van der Waals surface area (Å²) in [6.45, 7) is 1.51. The molecule has 3 aromatic carbocycles. The van der Waals surface area contributed by atoms with Crippen LogP contribution in [0.15, 0.2) is 77.7 Å². The van der Waals surface area contributed by atoms with Gasteiger partial charge in [-0.05, 0) is 61.6 Å². The van der Waals surface area contributed by atoms with Gasteiger partial charge in [-0.3, -0.25) is 19.7 Å². The Kier molecular flexibility index (Phi) is 7.69. The zero-order valence-electron chi connectivity index (χ0n) is 17.0. The molecule has 0 radical (unpaired) electrons. The fraction of sp³-hybridized carbons (Fsp3) is 0.0870. The summed E-state index contributed by atoms with van der Waals surface area (Å²) in [5.74, 6) is -0.0469. The van der Waals surface area contributed by atoms with Crippen LogP contribution in [0.5, 0.6) is 0 Å². The van der Waals surface area contributed by atoms with Gasteiger partial charge in [0.05, 0.1) is 10.7 Å². The van der Waals surface area contributed by atoms with E-state index in [1.54, 1.807) is 30.3 Å². The number of carbonyl (C=O) groups excluding carboxylic acids is 2. The van der Waals surface area contributed by atoms with Crippen molar-refractivity contribution < 1.29 is 14.5 Å². The lowest BCUT2D eigenvalue weighted by Crippen LogP contribution is -2.19. The number of thioether (sulfide) groups is 1. The Morgan fingerprint density at radius 1 is 0.938 bits per heavy atom. The topological polar surface area (TPSA) is 101 Å². The van der Waals surface area contributed by atoms with Crippen LogP contribution in [-0.4, -0.2) is 27.4 Å². The predicted octanol–water partition coefficient (Wildman–Crippen LogP) is 5.58. The normalized spacial score (nSPS) is 10.3. The van der Waals surface area contributed by atoms with Crippen LogP contribution in [0, 0.1) is 10.1 Å². The van der Waals surface area contributed by atoms with Gasteiger partial charge in [-0.1, -0.05) is 18.2 Å². The predicted molar refractivity (Wildman–Crippen MR) is 131 cm³/mol. The fourth-order valence-electron chi connectivity index (χ4n) is 2.77. The van der Waals surface area contributed by atoms with E-state index in [4.69, 9.17) is 12.2 Å². The maximum Gasteiger partial charge on any atom is 0.270 e. The Morgan fingerprint density at radius 3 is 2.31 bits per heavy atom. The van der Waals surface area contributed by atoms with Gasteiger partial charge in [0.1, 0.15) is 0 Å². The minimum Gasteiger partial charge on any atom is -0.332 e. The van der Waals surface area contributed by atoms with Crippen molar-refractivity contribution in [3.8, 4) is 0 Å². The van der Waals surface area contributed by atoms with Gasteiger partial charge in [0, 0.05) is 39.5 Å². The summed E-state index contributed by atoms with van der Waals surface area (Å²) in [5, 5.41) is 17.4. The number of nitro benzene ring substituents is 1. The molecule has 3 rings (SSSR count). The molecule has 3 aromatic rings. The third-order valence-electron chi connectivity index (χ3n) is 4.39. The lowest BCUT2D eigenvalue weighted by molar-refractivity contribution is -0.384. The van der Waals surface area contributed by atoms with Crippen molar-refractivity contribution in [1.29, 1.82) is 0 Å². The second-order valence-electron chi connectivity index (χ2n) is 6.76. The molecular weight excluding hydrogens is 446 g/mol. The second-order valence-corrected chi connectivity index (χ2v) is 8.22. The summed E-state index contributed by atoms with van der Waals surface area (Å²) in [4.78, 5) is 35.0. The fourth-order valence-corrected chi connectivity index (χ4v) is 3.86. The van der Waals surface area contributed by atoms with Gasteiger partial charge in [0.15, 0.2) is 16.7 Å². The lowest BCUT2D eigenvalue weighted by Gasteiger charge is -2.12. The van der Waals surface area contributed by atoms with E-state index < -0.39 is 4.92 Å². The number of nitro groups is 1. The molecule has 0 heterocycles. The van der Waals surface area contributed by atoms with Crippen molar-refractivity contribution in [2.24, 2.45) is 0 Å². The number of benzene rings is 3. The van der Waals surface area contributed by atoms with Crippen LogP contribution in [0.3, 0.4) is 0 Å². The third-order valence-corrected chi connectivity index (χ3v) is 5.59. The molecule has 0 saturated heterocycles. The van der Waals surface area contributed by atoms with Crippen molar-refractivity contribution in [2.75, 3.05) is 16.4 Å². The summed E-state index contributed by atoms with van der Waals surface area (Å²) in [6, 6.07) is 20.1. The lowest BCUT2D eigenvalue weighted by atomic mass is 10.1. The minimum absolute atomic E-state index is 0.00413. The zero-order valence-corrected chi connectivity index (χ0v) is 18.7. The van der Waals surface area contributed by atoms with Gasteiger partial charge in [0.25, 0.3) is 5.69 Å². The number of Topliss-reactive ketones (excluding diaryl/α,β-unsaturated/α-hetero) is 2. The Labute approximate surface area is 194 Å². The van der Waals surface area contributed by atoms with Crippen LogP contribution in [0.25, 0.3) is 0 Å². The van der Waals surface area contributed by atoms with Crippen molar-refractivity contribution in [2.45, 2.75) is 11.8 Å². The summed E-state index contributed by atoms with van der Waals surface area (Å²) >= 11 is 6.68. The Hall–Kier alpha value is -3.56. The molecule has 0 amide bonds. The maximum atomic E-state index is 12.4. The first-order valence-corrected chi connectivity index (χ1v) is 10.9. The Bertz CT molecular complexity index is 1180. The highest BCUT2D eigenvalue weighted by molar-refractivity contribution is 8.00. The van der Waals surface area contributed by atoms with Gasteiger partial charge in [-0.2, -0.15) is 0 Å². The molecule has 0 bridgehead atoms. The molecule has 0 unspecified atom stereocenters. The maximum absolute atomic E-state index is 12.4. The first-order valence-electron chi connectivity index (χ1n) is 9.51. The number of rotatable bonds is 8. The first-order chi connectivity index (χ1) is 15.3. The van der Waals surface area contributed by atoms with E-state index in [-0.39, 0.29) is 23.0 Å². The molecule has 0 aliphatic rings. The van der Waals surface area contributed by atoms with Crippen LogP contribution in [0.2, 0.25) is 0 Å². The van der Waals surface area contributed by atoms with E-state index in [9.17, 15) is 19.7 Å². The van der Waals surface area contributed by atoms with Gasteiger partial charge in [-0.25, -0.2) is 0 Å². The van der Waals surface area contributed by atoms with Crippen LogP contribution in [0.1, 0.15) is 27.6 Å². The van der Waals surface area contributed by atoms with E-state index in [2.05, 4.69) is 10.6 Å². The number of non-ortho nitro benzene ring substituents is 1. The summed E-state index contributed by atoms with van der Waals surface area (Å²) in [5.41, 5.74) is 2.32. The molecule has 0 spiro atoms. The molecular formula is C23H19N3O4S2. The summed E-state index contributed by atoms with van der Waals surface area (Å²) in [6.07, 6.45) is 0. The minimum atomic E-state index is -0.520. The number of hydrogen-bond donors (Lipinski definition) is 2. The van der Waals surface area contributed by atoms with Crippen LogP contribution >= 0.6 is 24.0 Å². The second kappa shape index (κ2) is 10.7. The molecule has 0 aliphatic carbocycles. The molecule has 32 heavy (non-hydrogen) atoms. The Balaban J connectivity index is 1.57. The molecule has 2 N–H and O–H groups in total. The van der Waals surface area contributed by atoms with Crippen molar-refractivity contribution >= 4 is 57.7 Å². The van der Waals surface area contributed by atoms with Crippen LogP contribution in [0.4, 0.5) is 17.1 Å². The highest BCUT2D eigenvalue weighted by Gasteiger charge is 2.12. The number of carbonyl (C=O) groups is 2. The average Bonchev–Trinajstić information content (AvgIpc) is 2.78. The quantitative estimate of drug-likeness (QED) is 0.146. The largest absolute Gasteiger partial charge is 0.332 e. The van der Waals surface area contributed by atoms with Crippen LogP contribution in [-0.2, 0) is 0 Å². The van der Waals surface area contributed by atoms with Crippen LogP contribution < -0.4 is 10.6 Å². The zero-order chi connectivity index (χ0) is 23.1. The molecule has 9 heteroatoms. The SMILES string of the molecule is CC(=O)c1ccc(NC(=S)Nc2cccc(SCC(=O)c3cccc([N+](=O)[O-])c3)c2)cc1. The summed E-state index contributed by atoms with van der Waals surface area (Å²) in [7, 11) is 0. The van der Waals surface area contributed by atoms with Gasteiger partial charge in [0.2, 0.25) is 0 Å². The van der Waals surface area contributed by atoms with Crippen molar-refractivity contribution in [3.63, 3.8) is 0 Å². The average molecular weight is 466 g/mol. The van der Waals surface area contributed by atoms with Gasteiger partial charge < -0.3 is 10.6 Å². The van der Waals surface area contributed by atoms with Gasteiger partial charge in [-0.15, -0.1) is 11.8 Å². The number of thiocarbonyl (C=S) groups is 1. The number of nitrogens with one attached hydrogen (secondary N) is 2. The highest BCUT2D eigenvalue weighted by atomic mass is 32.2. The monoisotopic (exact) mass is 465 g/mol. The smallest absolute Gasteiger partial charge is 0.270 e. The number of hydrogen-bond acceptors (Lipinski definition) is 6. The highest BCUT2D eigenvalue weighted by Crippen LogP contribution is 2.24. The Morgan fingerprint density at radius 2 is 1.62 bits per heavy atom. The molecule has 0 fully saturated rings. The molecule has 0 saturated carbocycles. The van der Waals surface area contributed by atoms with Crippen molar-refractivity contribution in [1.82, 2.24) is 0 Å². The summed E-state index contributed by atoms with van der Waals surface area (Å²) < 4.78 is 0. The molecule has 0 aromatic heterocycles. The number of anilines is 2. The van der Waals surface area contributed by atoms with E-state index >= 15 is 0 Å². The third kappa shape index (κ3) is 6.47. The molecule has 7 nitrogen and oxygen atoms in total. The first kappa shape index (κ1) is 23.1. The van der Waals surface area contributed by atoms with E-state index in [0.29, 0.717) is 16.2 Å². The standard InChI is InChI=1S/C23H19N3O4S2/c1-15(27)16-8-10-18(11-9-16)24-23(31)25-19-5-3-7-21(13-19)32-14-22(28)17-4-2-6-20(12-17)26(29)30/h2-13H,14H2,1H3,(H2,24,25,31). The van der Waals surface area contributed by atoms with E-state index in [1.807, 2.05) is 24.3 Å². The molecule has 0 atom stereocenters. The molecule has 0 aliphatic heterocycles. The van der Waals surface area contributed by atoms with E-state index in [0.717, 1.165) is 16.3 Å². The number of nitrogens with zero attached hydrogens (tertiary/aromatic N) is 1. The van der Waals surface area contributed by atoms with Gasteiger partial charge >= 0.3 is 0 Å². The van der Waals surface area contributed by atoms with Crippen molar-refractivity contribution in [3.05, 3.63) is 94.0 Å². The molecule has 162 valence electrons. The number of ketones is 2.